The first-order valence-corrected chi connectivity index (χ1v) is 6.94. The van der Waals surface area contributed by atoms with Gasteiger partial charge in [-0.15, -0.1) is 0 Å². The second-order valence-corrected chi connectivity index (χ2v) is 6.22. The molecule has 8 heteroatoms. The lowest BCUT2D eigenvalue weighted by Gasteiger charge is -2.21. The van der Waals surface area contributed by atoms with Crippen molar-refractivity contribution >= 4 is 21.8 Å². The summed E-state index contributed by atoms with van der Waals surface area (Å²) < 4.78 is 27.3. The van der Waals surface area contributed by atoms with Gasteiger partial charge in [0.05, 0.1) is 11.5 Å². The second kappa shape index (κ2) is 4.36. The second-order valence-electron chi connectivity index (χ2n) is 3.91. The molecule has 1 aromatic rings. The van der Waals surface area contributed by atoms with E-state index in [-0.39, 0.29) is 29.3 Å². The van der Waals surface area contributed by atoms with Crippen LogP contribution in [-0.4, -0.2) is 42.0 Å². The van der Waals surface area contributed by atoms with Crippen molar-refractivity contribution in [2.24, 2.45) is 0 Å². The molecular formula is C9H12N2O5S. The molecule has 0 amide bonds. The van der Waals surface area contributed by atoms with Crippen LogP contribution >= 0.6 is 0 Å². The first kappa shape index (κ1) is 11.9. The van der Waals surface area contributed by atoms with E-state index >= 15 is 0 Å². The molecule has 0 spiro atoms. The number of carbonyl (C=O) groups is 1. The third kappa shape index (κ3) is 2.96. The van der Waals surface area contributed by atoms with Crippen molar-refractivity contribution in [1.29, 1.82) is 0 Å². The standard InChI is InChI=1S/C9H12N2O5S/c12-8(13)7-5-16-9(11-7)10-6-1-3-17(14,15)4-2-6/h5-6H,1-4H2,(H,10,11)(H,12,13). The minimum absolute atomic E-state index is 0.0428. The predicted octanol–water partition coefficient (Wildman–Crippen LogP) is 0.362. The Hall–Kier alpha value is -1.57. The van der Waals surface area contributed by atoms with Gasteiger partial charge in [-0.2, -0.15) is 4.98 Å². The lowest BCUT2D eigenvalue weighted by molar-refractivity contribution is 0.0690. The molecule has 1 fully saturated rings. The van der Waals surface area contributed by atoms with Gasteiger partial charge in [-0.3, -0.25) is 0 Å². The summed E-state index contributed by atoms with van der Waals surface area (Å²) >= 11 is 0. The van der Waals surface area contributed by atoms with Crippen LogP contribution in [0.1, 0.15) is 23.3 Å². The Morgan fingerprint density at radius 3 is 2.65 bits per heavy atom. The van der Waals surface area contributed by atoms with E-state index < -0.39 is 15.8 Å². The Morgan fingerprint density at radius 2 is 2.12 bits per heavy atom. The van der Waals surface area contributed by atoms with Crippen LogP contribution in [0.4, 0.5) is 6.01 Å². The molecule has 0 bridgehead atoms. The zero-order valence-corrected chi connectivity index (χ0v) is 9.74. The van der Waals surface area contributed by atoms with E-state index in [0.717, 1.165) is 6.26 Å². The molecule has 7 nitrogen and oxygen atoms in total. The van der Waals surface area contributed by atoms with E-state index in [1.165, 1.54) is 0 Å². The van der Waals surface area contributed by atoms with Crippen molar-refractivity contribution in [1.82, 2.24) is 4.98 Å². The summed E-state index contributed by atoms with van der Waals surface area (Å²) in [5.41, 5.74) is -0.170. The summed E-state index contributed by atoms with van der Waals surface area (Å²) in [6, 6.07) is 0.0746. The predicted molar refractivity (Wildman–Crippen MR) is 58.8 cm³/mol. The van der Waals surface area contributed by atoms with Gasteiger partial charge >= 0.3 is 5.97 Å². The first-order chi connectivity index (χ1) is 7.96. The van der Waals surface area contributed by atoms with Crippen molar-refractivity contribution in [2.75, 3.05) is 16.8 Å². The largest absolute Gasteiger partial charge is 0.476 e. The van der Waals surface area contributed by atoms with Crippen LogP contribution in [0.25, 0.3) is 0 Å². The summed E-state index contributed by atoms with van der Waals surface area (Å²) in [5.74, 6) is -0.887. The highest BCUT2D eigenvalue weighted by atomic mass is 32.2. The molecule has 1 aliphatic heterocycles. The maximum atomic E-state index is 11.2. The van der Waals surface area contributed by atoms with Gasteiger partial charge in [0.25, 0.3) is 6.01 Å². The average molecular weight is 260 g/mol. The monoisotopic (exact) mass is 260 g/mol. The molecular weight excluding hydrogens is 248 g/mol. The maximum Gasteiger partial charge on any atom is 0.357 e. The van der Waals surface area contributed by atoms with Gasteiger partial charge in [0, 0.05) is 6.04 Å². The Bertz CT molecular complexity index is 507. The van der Waals surface area contributed by atoms with E-state index in [1.54, 1.807) is 0 Å². The molecule has 94 valence electrons. The summed E-state index contributed by atoms with van der Waals surface area (Å²) in [4.78, 5) is 14.3. The molecule has 17 heavy (non-hydrogen) atoms. The highest BCUT2D eigenvalue weighted by molar-refractivity contribution is 7.91. The molecule has 0 aromatic carbocycles. The molecule has 0 aliphatic carbocycles. The lowest BCUT2D eigenvalue weighted by Crippen LogP contribution is -2.32. The number of nitrogens with zero attached hydrogens (tertiary/aromatic N) is 1. The van der Waals surface area contributed by atoms with Gasteiger partial charge in [-0.05, 0) is 12.8 Å². The van der Waals surface area contributed by atoms with Gasteiger partial charge in [-0.1, -0.05) is 0 Å². The van der Waals surface area contributed by atoms with Crippen LogP contribution in [0.5, 0.6) is 0 Å². The lowest BCUT2D eigenvalue weighted by atomic mass is 10.2. The maximum absolute atomic E-state index is 11.2. The SMILES string of the molecule is O=C(O)c1coc(NC2CCS(=O)(=O)CC2)n1. The fourth-order valence-corrected chi connectivity index (χ4v) is 3.14. The Morgan fingerprint density at radius 1 is 1.47 bits per heavy atom. The van der Waals surface area contributed by atoms with Crippen LogP contribution < -0.4 is 5.32 Å². The van der Waals surface area contributed by atoms with E-state index in [9.17, 15) is 13.2 Å². The molecule has 0 atom stereocenters. The van der Waals surface area contributed by atoms with Gasteiger partial charge in [-0.25, -0.2) is 13.2 Å². The Balaban J connectivity index is 1.95. The Labute approximate surface area is 97.8 Å². The van der Waals surface area contributed by atoms with Crippen LogP contribution in [0, 0.1) is 0 Å². The number of anilines is 1. The summed E-state index contributed by atoms with van der Waals surface area (Å²) in [7, 11) is -2.90. The van der Waals surface area contributed by atoms with Crippen molar-refractivity contribution in [3.63, 3.8) is 0 Å². The molecule has 0 saturated carbocycles. The molecule has 2 N–H and O–H groups in total. The van der Waals surface area contributed by atoms with E-state index in [2.05, 4.69) is 10.3 Å². The molecule has 1 aliphatic rings. The highest BCUT2D eigenvalue weighted by Crippen LogP contribution is 2.17. The van der Waals surface area contributed by atoms with Crippen molar-refractivity contribution in [3.05, 3.63) is 12.0 Å². The number of sulfone groups is 1. The normalized spacial score (nSPS) is 20.0. The van der Waals surface area contributed by atoms with Crippen molar-refractivity contribution < 1.29 is 22.7 Å². The van der Waals surface area contributed by atoms with Crippen LogP contribution in [0.15, 0.2) is 10.7 Å². The quantitative estimate of drug-likeness (QED) is 0.807. The number of carboxylic acids is 1. The first-order valence-electron chi connectivity index (χ1n) is 5.12. The number of aromatic carboxylic acids is 1. The van der Waals surface area contributed by atoms with Gasteiger partial charge in [0.15, 0.2) is 5.69 Å². The number of hydrogen-bond acceptors (Lipinski definition) is 6. The minimum atomic E-state index is -2.90. The molecule has 1 aromatic heterocycles. The van der Waals surface area contributed by atoms with Crippen molar-refractivity contribution in [3.8, 4) is 0 Å². The zero-order valence-electron chi connectivity index (χ0n) is 8.92. The molecule has 2 heterocycles. The number of nitrogens with one attached hydrogen (secondary N) is 1. The van der Waals surface area contributed by atoms with Gasteiger partial charge < -0.3 is 14.8 Å². The summed E-state index contributed by atoms with van der Waals surface area (Å²) in [6.07, 6.45) is 2.00. The van der Waals surface area contributed by atoms with E-state index in [0.29, 0.717) is 12.8 Å². The third-order valence-electron chi connectivity index (χ3n) is 2.61. The molecule has 0 unspecified atom stereocenters. The highest BCUT2D eigenvalue weighted by Gasteiger charge is 2.24. The van der Waals surface area contributed by atoms with E-state index in [4.69, 9.17) is 9.52 Å². The number of oxazole rings is 1. The van der Waals surface area contributed by atoms with Gasteiger partial charge in [0.1, 0.15) is 16.1 Å². The van der Waals surface area contributed by atoms with E-state index in [1.807, 2.05) is 0 Å². The smallest absolute Gasteiger partial charge is 0.357 e. The summed E-state index contributed by atoms with van der Waals surface area (Å²) in [5, 5.41) is 11.5. The van der Waals surface area contributed by atoms with Crippen LogP contribution in [0.2, 0.25) is 0 Å². The fraction of sp³-hybridized carbons (Fsp3) is 0.556. The number of rotatable bonds is 3. The molecule has 0 radical (unpaired) electrons. The molecule has 1 saturated heterocycles. The number of carboxylic acid groups (broad SMARTS) is 1. The fourth-order valence-electron chi connectivity index (χ4n) is 1.65. The van der Waals surface area contributed by atoms with Gasteiger partial charge in [0.2, 0.25) is 0 Å². The topological polar surface area (TPSA) is 109 Å². The van der Waals surface area contributed by atoms with Crippen LogP contribution in [0.3, 0.4) is 0 Å². The minimum Gasteiger partial charge on any atom is -0.476 e. The van der Waals surface area contributed by atoms with Crippen molar-refractivity contribution in [2.45, 2.75) is 18.9 Å². The molecule has 2 rings (SSSR count). The Kier molecular flexibility index (Phi) is 3.05. The zero-order chi connectivity index (χ0) is 12.5. The number of aromatic nitrogens is 1. The summed E-state index contributed by atoms with van der Waals surface area (Å²) in [6.45, 7) is 0. The van der Waals surface area contributed by atoms with Crippen LogP contribution in [-0.2, 0) is 9.84 Å². The third-order valence-corrected chi connectivity index (χ3v) is 4.32. The number of hydrogen-bond donors (Lipinski definition) is 2. The average Bonchev–Trinajstić information content (AvgIpc) is 2.70.